The lowest BCUT2D eigenvalue weighted by atomic mass is 9.93. The Labute approximate surface area is 259 Å². The van der Waals surface area contributed by atoms with Crippen molar-refractivity contribution in [3.8, 4) is 45.3 Å². The monoisotopic (exact) mass is 575 g/mol. The first-order chi connectivity index (χ1) is 22.3. The third-order valence-corrected chi connectivity index (χ3v) is 8.50. The Bertz CT molecular complexity index is 2480. The molecule has 0 radical (unpaired) electrons. The van der Waals surface area contributed by atoms with Crippen molar-refractivity contribution in [2.45, 2.75) is 0 Å². The van der Waals surface area contributed by atoms with Gasteiger partial charge in [-0.05, 0) is 45.5 Å². The van der Waals surface area contributed by atoms with E-state index < -0.39 is 0 Å². The van der Waals surface area contributed by atoms with Gasteiger partial charge in [0.25, 0.3) is 0 Å². The van der Waals surface area contributed by atoms with Crippen molar-refractivity contribution in [3.05, 3.63) is 152 Å². The standard InChI is InChI=1S/C41H25N3O/c1-3-13-27(14-4-1)39-42-40(28-15-5-2-6-16-28)44-41(43-39)33-20-11-21-36-37(33)35-25-34(31-18-9-10-19-32(31)38(35)45-36)30-23-22-26-12-7-8-17-29(26)24-30/h1-25H. The molecule has 0 aliphatic rings. The highest BCUT2D eigenvalue weighted by Crippen LogP contribution is 2.43. The fourth-order valence-corrected chi connectivity index (χ4v) is 6.36. The largest absolute Gasteiger partial charge is 0.455 e. The summed E-state index contributed by atoms with van der Waals surface area (Å²) in [7, 11) is 0. The third kappa shape index (κ3) is 4.27. The van der Waals surface area contributed by atoms with Crippen molar-refractivity contribution in [1.82, 2.24) is 15.0 Å². The lowest BCUT2D eigenvalue weighted by molar-refractivity contribution is 0.673. The van der Waals surface area contributed by atoms with Gasteiger partial charge in [0.2, 0.25) is 0 Å². The maximum atomic E-state index is 6.65. The molecule has 7 aromatic carbocycles. The predicted octanol–water partition coefficient (Wildman–Crippen LogP) is 10.7. The first-order valence-electron chi connectivity index (χ1n) is 15.0. The molecular formula is C41H25N3O. The van der Waals surface area contributed by atoms with Gasteiger partial charge in [-0.15, -0.1) is 0 Å². The van der Waals surface area contributed by atoms with E-state index in [1.807, 2.05) is 72.8 Å². The Morgan fingerprint density at radius 3 is 1.73 bits per heavy atom. The second-order valence-electron chi connectivity index (χ2n) is 11.2. The molecule has 0 saturated carbocycles. The molecule has 0 amide bonds. The number of benzene rings is 7. The van der Waals surface area contributed by atoms with Gasteiger partial charge in [0.1, 0.15) is 11.2 Å². The molecule has 0 unspecified atom stereocenters. The summed E-state index contributed by atoms with van der Waals surface area (Å²) in [5.41, 5.74) is 6.76. The lowest BCUT2D eigenvalue weighted by Crippen LogP contribution is -2.00. The number of furan rings is 1. The number of aromatic nitrogens is 3. The van der Waals surface area contributed by atoms with E-state index in [0.29, 0.717) is 17.5 Å². The molecule has 9 rings (SSSR count). The van der Waals surface area contributed by atoms with Gasteiger partial charge in [-0.2, -0.15) is 0 Å². The van der Waals surface area contributed by atoms with Crippen LogP contribution in [0.3, 0.4) is 0 Å². The van der Waals surface area contributed by atoms with Crippen LogP contribution >= 0.6 is 0 Å². The van der Waals surface area contributed by atoms with E-state index in [1.54, 1.807) is 0 Å². The fraction of sp³-hybridized carbons (Fsp3) is 0. The number of hydrogen-bond donors (Lipinski definition) is 0. The first kappa shape index (κ1) is 25.4. The molecule has 0 bridgehead atoms. The normalized spacial score (nSPS) is 11.6. The van der Waals surface area contributed by atoms with Gasteiger partial charge < -0.3 is 4.42 Å². The SMILES string of the molecule is c1ccc(-c2nc(-c3ccccc3)nc(-c3cccc4oc5c6ccccc6c(-c6ccc7ccccc7c6)cc5c34)n2)cc1. The van der Waals surface area contributed by atoms with E-state index >= 15 is 0 Å². The molecule has 210 valence electrons. The number of nitrogens with zero attached hydrogens (tertiary/aromatic N) is 3. The van der Waals surface area contributed by atoms with E-state index in [9.17, 15) is 0 Å². The molecule has 0 saturated heterocycles. The molecule has 9 aromatic rings. The first-order valence-corrected chi connectivity index (χ1v) is 15.0. The quantitative estimate of drug-likeness (QED) is 0.209. The highest BCUT2D eigenvalue weighted by molar-refractivity contribution is 6.22. The Morgan fingerprint density at radius 2 is 1.00 bits per heavy atom. The van der Waals surface area contributed by atoms with Crippen molar-refractivity contribution >= 4 is 43.5 Å². The predicted molar refractivity (Wildman–Crippen MR) is 184 cm³/mol. The molecule has 0 spiro atoms. The van der Waals surface area contributed by atoms with Crippen molar-refractivity contribution in [2.24, 2.45) is 0 Å². The van der Waals surface area contributed by atoms with Crippen molar-refractivity contribution in [3.63, 3.8) is 0 Å². The van der Waals surface area contributed by atoms with Crippen LogP contribution in [-0.4, -0.2) is 15.0 Å². The summed E-state index contributed by atoms with van der Waals surface area (Å²) in [5, 5.41) is 6.68. The van der Waals surface area contributed by atoms with Crippen LogP contribution in [0.1, 0.15) is 0 Å². The average molecular weight is 576 g/mol. The summed E-state index contributed by atoms with van der Waals surface area (Å²) < 4.78 is 6.65. The number of rotatable bonds is 4. The van der Waals surface area contributed by atoms with Gasteiger partial charge in [-0.25, -0.2) is 15.0 Å². The molecule has 0 aliphatic carbocycles. The van der Waals surface area contributed by atoms with Crippen LogP contribution in [0.4, 0.5) is 0 Å². The van der Waals surface area contributed by atoms with Crippen LogP contribution in [0.2, 0.25) is 0 Å². The van der Waals surface area contributed by atoms with Crippen molar-refractivity contribution < 1.29 is 4.42 Å². The van der Waals surface area contributed by atoms with Gasteiger partial charge in [0, 0.05) is 32.8 Å². The van der Waals surface area contributed by atoms with Crippen molar-refractivity contribution in [2.75, 3.05) is 0 Å². The highest BCUT2D eigenvalue weighted by atomic mass is 16.3. The van der Waals surface area contributed by atoms with Gasteiger partial charge in [-0.3, -0.25) is 0 Å². The van der Waals surface area contributed by atoms with Gasteiger partial charge in [0.05, 0.1) is 0 Å². The molecule has 4 heteroatoms. The fourth-order valence-electron chi connectivity index (χ4n) is 6.36. The van der Waals surface area contributed by atoms with E-state index in [4.69, 9.17) is 19.4 Å². The molecule has 4 nitrogen and oxygen atoms in total. The van der Waals surface area contributed by atoms with Crippen LogP contribution in [0.25, 0.3) is 88.8 Å². The van der Waals surface area contributed by atoms with E-state index in [-0.39, 0.29) is 0 Å². The summed E-state index contributed by atoms with van der Waals surface area (Å²) in [6, 6.07) is 52.2. The highest BCUT2D eigenvalue weighted by Gasteiger charge is 2.20. The third-order valence-electron chi connectivity index (χ3n) is 8.50. The maximum Gasteiger partial charge on any atom is 0.164 e. The zero-order chi connectivity index (χ0) is 29.7. The lowest BCUT2D eigenvalue weighted by Gasteiger charge is -2.11. The summed E-state index contributed by atoms with van der Waals surface area (Å²) in [5.74, 6) is 1.87. The maximum absolute atomic E-state index is 6.65. The smallest absolute Gasteiger partial charge is 0.164 e. The Kier molecular flexibility index (Phi) is 5.78. The zero-order valence-electron chi connectivity index (χ0n) is 24.2. The minimum Gasteiger partial charge on any atom is -0.455 e. The van der Waals surface area contributed by atoms with E-state index in [1.165, 1.54) is 10.8 Å². The van der Waals surface area contributed by atoms with Gasteiger partial charge in [-0.1, -0.05) is 133 Å². The summed E-state index contributed by atoms with van der Waals surface area (Å²) in [6.45, 7) is 0. The molecule has 0 atom stereocenters. The summed E-state index contributed by atoms with van der Waals surface area (Å²) in [4.78, 5) is 15.0. The minimum atomic E-state index is 0.608. The molecule has 0 aliphatic heterocycles. The number of fused-ring (bicyclic) bond motifs is 6. The van der Waals surface area contributed by atoms with E-state index in [2.05, 4.69) is 78.9 Å². The minimum absolute atomic E-state index is 0.608. The molecule has 0 fully saturated rings. The molecular weight excluding hydrogens is 550 g/mol. The van der Waals surface area contributed by atoms with E-state index in [0.717, 1.165) is 60.5 Å². The Balaban J connectivity index is 1.34. The summed E-state index contributed by atoms with van der Waals surface area (Å²) in [6.07, 6.45) is 0. The van der Waals surface area contributed by atoms with Crippen LogP contribution in [0.5, 0.6) is 0 Å². The van der Waals surface area contributed by atoms with Crippen LogP contribution in [0.15, 0.2) is 156 Å². The Hall–Kier alpha value is -6.13. The topological polar surface area (TPSA) is 51.8 Å². The second kappa shape index (κ2) is 10.2. The molecule has 0 N–H and O–H groups in total. The summed E-state index contributed by atoms with van der Waals surface area (Å²) >= 11 is 0. The zero-order valence-corrected chi connectivity index (χ0v) is 24.2. The van der Waals surface area contributed by atoms with Crippen LogP contribution in [0, 0.1) is 0 Å². The van der Waals surface area contributed by atoms with Crippen LogP contribution in [-0.2, 0) is 0 Å². The number of hydrogen-bond acceptors (Lipinski definition) is 4. The Morgan fingerprint density at radius 1 is 0.378 bits per heavy atom. The van der Waals surface area contributed by atoms with Gasteiger partial charge >= 0.3 is 0 Å². The molecule has 2 heterocycles. The molecule has 45 heavy (non-hydrogen) atoms. The second-order valence-corrected chi connectivity index (χ2v) is 11.2. The van der Waals surface area contributed by atoms with Crippen molar-refractivity contribution in [1.29, 1.82) is 0 Å². The molecule has 2 aromatic heterocycles. The van der Waals surface area contributed by atoms with Gasteiger partial charge in [0.15, 0.2) is 17.5 Å². The van der Waals surface area contributed by atoms with Crippen LogP contribution < -0.4 is 0 Å². The average Bonchev–Trinajstić information content (AvgIpc) is 3.51.